The van der Waals surface area contributed by atoms with E-state index in [0.717, 1.165) is 0 Å². The number of rotatable bonds is 2. The van der Waals surface area contributed by atoms with Gasteiger partial charge < -0.3 is 4.74 Å². The molecule has 60 valence electrons. The summed E-state index contributed by atoms with van der Waals surface area (Å²) in [5.41, 5.74) is 0. The third-order valence-corrected chi connectivity index (χ3v) is 0.539. The van der Waals surface area contributed by atoms with Gasteiger partial charge in [-0.3, -0.25) is 4.79 Å². The molecule has 0 N–H and O–H groups in total. The molecular formula is C8H16O2. The molecule has 0 radical (unpaired) electrons. The molecule has 0 aromatic carbocycles. The SMILES string of the molecule is C=CCC(=O)OC.CCC. The molecule has 2 heteroatoms. The summed E-state index contributed by atoms with van der Waals surface area (Å²) in [7, 11) is 1.35. The Hall–Kier alpha value is -0.790. The Morgan fingerprint density at radius 2 is 2.00 bits per heavy atom. The predicted octanol–water partition coefficient (Wildman–Crippen LogP) is 2.15. The summed E-state index contributed by atoms with van der Waals surface area (Å²) in [6.45, 7) is 7.60. The van der Waals surface area contributed by atoms with E-state index in [-0.39, 0.29) is 5.97 Å². The van der Waals surface area contributed by atoms with Crippen molar-refractivity contribution in [3.05, 3.63) is 12.7 Å². The summed E-state index contributed by atoms with van der Waals surface area (Å²) < 4.78 is 4.28. The maximum absolute atomic E-state index is 10.1. The molecule has 0 fully saturated rings. The Bertz CT molecular complexity index is 87.3. The Morgan fingerprint density at radius 3 is 2.10 bits per heavy atom. The summed E-state index contributed by atoms with van der Waals surface area (Å²) in [4.78, 5) is 10.1. The third-order valence-electron chi connectivity index (χ3n) is 0.539. The van der Waals surface area contributed by atoms with Gasteiger partial charge in [0.15, 0.2) is 0 Å². The van der Waals surface area contributed by atoms with E-state index in [0.29, 0.717) is 6.42 Å². The lowest BCUT2D eigenvalue weighted by atomic mass is 10.4. The van der Waals surface area contributed by atoms with Gasteiger partial charge in [0.05, 0.1) is 13.5 Å². The maximum Gasteiger partial charge on any atom is 0.309 e. The fraction of sp³-hybridized carbons (Fsp3) is 0.625. The Balaban J connectivity index is 0. The molecule has 0 unspecified atom stereocenters. The zero-order valence-corrected chi connectivity index (χ0v) is 7.02. The second-order valence-corrected chi connectivity index (χ2v) is 1.78. The van der Waals surface area contributed by atoms with Gasteiger partial charge in [-0.2, -0.15) is 0 Å². The van der Waals surface area contributed by atoms with Crippen molar-refractivity contribution in [2.45, 2.75) is 26.7 Å². The summed E-state index contributed by atoms with van der Waals surface area (Å²) in [6.07, 6.45) is 3.06. The minimum Gasteiger partial charge on any atom is -0.469 e. The lowest BCUT2D eigenvalue weighted by molar-refractivity contribution is -0.139. The fourth-order valence-corrected chi connectivity index (χ4v) is 0.201. The molecule has 0 aliphatic heterocycles. The average molecular weight is 144 g/mol. The van der Waals surface area contributed by atoms with Gasteiger partial charge in [-0.15, -0.1) is 6.58 Å². The second-order valence-electron chi connectivity index (χ2n) is 1.78. The van der Waals surface area contributed by atoms with E-state index in [1.807, 2.05) is 0 Å². The molecule has 0 aliphatic carbocycles. The maximum atomic E-state index is 10.1. The molecule has 0 aromatic rings. The van der Waals surface area contributed by atoms with Crippen LogP contribution < -0.4 is 0 Å². The summed E-state index contributed by atoms with van der Waals surface area (Å²) in [5, 5.41) is 0. The highest BCUT2D eigenvalue weighted by Gasteiger charge is 1.90. The van der Waals surface area contributed by atoms with Crippen molar-refractivity contribution in [1.82, 2.24) is 0 Å². The second kappa shape index (κ2) is 11.1. The van der Waals surface area contributed by atoms with Crippen LogP contribution in [-0.4, -0.2) is 13.1 Å². The van der Waals surface area contributed by atoms with E-state index >= 15 is 0 Å². The van der Waals surface area contributed by atoms with E-state index < -0.39 is 0 Å². The molecule has 0 aromatic heterocycles. The lowest BCUT2D eigenvalue weighted by Gasteiger charge is -1.88. The van der Waals surface area contributed by atoms with Gasteiger partial charge in [-0.05, 0) is 0 Å². The van der Waals surface area contributed by atoms with E-state index in [4.69, 9.17) is 0 Å². The number of carbonyl (C=O) groups excluding carboxylic acids is 1. The van der Waals surface area contributed by atoms with Crippen molar-refractivity contribution < 1.29 is 9.53 Å². The van der Waals surface area contributed by atoms with Crippen LogP contribution in [0.25, 0.3) is 0 Å². The van der Waals surface area contributed by atoms with Crippen LogP contribution in [0.5, 0.6) is 0 Å². The highest BCUT2D eigenvalue weighted by Crippen LogP contribution is 1.80. The third kappa shape index (κ3) is 15.7. The van der Waals surface area contributed by atoms with Crippen molar-refractivity contribution in [2.24, 2.45) is 0 Å². The van der Waals surface area contributed by atoms with Crippen LogP contribution in [0.1, 0.15) is 26.7 Å². The number of carbonyl (C=O) groups is 1. The van der Waals surface area contributed by atoms with Crippen LogP contribution in [-0.2, 0) is 9.53 Å². The normalized spacial score (nSPS) is 7.10. The zero-order valence-electron chi connectivity index (χ0n) is 7.02. The number of hydrogen-bond donors (Lipinski definition) is 0. The molecule has 0 saturated heterocycles. The number of esters is 1. The lowest BCUT2D eigenvalue weighted by Crippen LogP contribution is -1.95. The summed E-state index contributed by atoms with van der Waals surface area (Å²) in [5.74, 6) is -0.241. The van der Waals surface area contributed by atoms with Crippen LogP contribution in [0, 0.1) is 0 Å². The first-order valence-corrected chi connectivity index (χ1v) is 3.40. The molecule has 0 amide bonds. The molecule has 0 aliphatic rings. The van der Waals surface area contributed by atoms with Crippen LogP contribution in [0.3, 0.4) is 0 Å². The first kappa shape index (κ1) is 11.9. The van der Waals surface area contributed by atoms with Gasteiger partial charge in [0, 0.05) is 0 Å². The number of hydrogen-bond acceptors (Lipinski definition) is 2. The number of ether oxygens (including phenoxy) is 1. The van der Waals surface area contributed by atoms with Crippen molar-refractivity contribution in [3.8, 4) is 0 Å². The molecule has 0 bridgehead atoms. The van der Waals surface area contributed by atoms with Gasteiger partial charge in [0.1, 0.15) is 0 Å². The Labute approximate surface area is 62.9 Å². The van der Waals surface area contributed by atoms with Gasteiger partial charge >= 0.3 is 5.97 Å². The molecule has 2 nitrogen and oxygen atoms in total. The molecule has 0 spiro atoms. The highest BCUT2D eigenvalue weighted by atomic mass is 16.5. The highest BCUT2D eigenvalue weighted by molar-refractivity contribution is 5.70. The minimum absolute atomic E-state index is 0.241. The standard InChI is InChI=1S/C5H8O2.C3H8/c1-3-4-5(6)7-2;1-3-2/h3H,1,4H2,2H3;3H2,1-2H3. The Morgan fingerprint density at radius 1 is 1.60 bits per heavy atom. The molecule has 0 saturated carbocycles. The zero-order chi connectivity index (χ0) is 8.41. The molecule has 0 heterocycles. The smallest absolute Gasteiger partial charge is 0.309 e. The van der Waals surface area contributed by atoms with Crippen molar-refractivity contribution in [3.63, 3.8) is 0 Å². The van der Waals surface area contributed by atoms with E-state index in [1.54, 1.807) is 0 Å². The first-order valence-electron chi connectivity index (χ1n) is 3.40. The quantitative estimate of drug-likeness (QED) is 0.438. The van der Waals surface area contributed by atoms with E-state index in [2.05, 4.69) is 25.2 Å². The van der Waals surface area contributed by atoms with Gasteiger partial charge in [-0.1, -0.05) is 26.3 Å². The van der Waals surface area contributed by atoms with Crippen LogP contribution in [0.4, 0.5) is 0 Å². The van der Waals surface area contributed by atoms with Crippen LogP contribution >= 0.6 is 0 Å². The van der Waals surface area contributed by atoms with Crippen LogP contribution in [0.15, 0.2) is 12.7 Å². The number of methoxy groups -OCH3 is 1. The Kier molecular flexibility index (Phi) is 13.2. The minimum atomic E-state index is -0.241. The largest absolute Gasteiger partial charge is 0.469 e. The molecule has 0 atom stereocenters. The van der Waals surface area contributed by atoms with Crippen molar-refractivity contribution in [1.29, 1.82) is 0 Å². The fourth-order valence-electron chi connectivity index (χ4n) is 0.201. The van der Waals surface area contributed by atoms with Crippen molar-refractivity contribution >= 4 is 5.97 Å². The monoisotopic (exact) mass is 144 g/mol. The average Bonchev–Trinajstić information content (AvgIpc) is 1.90. The predicted molar refractivity (Wildman–Crippen MR) is 42.8 cm³/mol. The topological polar surface area (TPSA) is 26.3 Å². The van der Waals surface area contributed by atoms with Gasteiger partial charge in [0.25, 0.3) is 0 Å². The van der Waals surface area contributed by atoms with E-state index in [9.17, 15) is 4.79 Å². The molecule has 0 rings (SSSR count). The van der Waals surface area contributed by atoms with E-state index in [1.165, 1.54) is 19.6 Å². The summed E-state index contributed by atoms with van der Waals surface area (Å²) >= 11 is 0. The molecule has 10 heavy (non-hydrogen) atoms. The van der Waals surface area contributed by atoms with Crippen LogP contribution in [0.2, 0.25) is 0 Å². The van der Waals surface area contributed by atoms with Gasteiger partial charge in [-0.25, -0.2) is 0 Å². The molecular weight excluding hydrogens is 128 g/mol. The summed E-state index contributed by atoms with van der Waals surface area (Å²) in [6, 6.07) is 0. The first-order chi connectivity index (χ1) is 4.72. The van der Waals surface area contributed by atoms with Crippen molar-refractivity contribution in [2.75, 3.05) is 7.11 Å². The van der Waals surface area contributed by atoms with Gasteiger partial charge in [0.2, 0.25) is 0 Å².